The SMILES string of the molecule is Cc1ccccc1NC(=O)/C(C#N)=C/c1ccccc1OCc1c(C)ccc2ccccc12. The molecule has 0 radical (unpaired) electrons. The molecule has 0 spiro atoms. The summed E-state index contributed by atoms with van der Waals surface area (Å²) < 4.78 is 6.19. The molecule has 33 heavy (non-hydrogen) atoms. The number of ether oxygens (including phenoxy) is 1. The Bertz CT molecular complexity index is 1400. The van der Waals surface area contributed by atoms with E-state index < -0.39 is 5.91 Å². The minimum absolute atomic E-state index is 0.00986. The Morgan fingerprint density at radius 1 is 0.909 bits per heavy atom. The monoisotopic (exact) mass is 432 g/mol. The maximum absolute atomic E-state index is 12.7. The highest BCUT2D eigenvalue weighted by Crippen LogP contribution is 2.27. The Hall–Kier alpha value is -4.36. The summed E-state index contributed by atoms with van der Waals surface area (Å²) in [6.45, 7) is 4.36. The Labute approximate surface area is 193 Å². The fourth-order valence-electron chi connectivity index (χ4n) is 3.72. The zero-order chi connectivity index (χ0) is 23.2. The lowest BCUT2D eigenvalue weighted by atomic mass is 10.0. The number of hydrogen-bond acceptors (Lipinski definition) is 3. The minimum Gasteiger partial charge on any atom is -0.488 e. The van der Waals surface area contributed by atoms with E-state index in [1.54, 1.807) is 6.08 Å². The molecule has 4 aromatic rings. The van der Waals surface area contributed by atoms with E-state index in [1.807, 2.05) is 73.7 Å². The Kier molecular flexibility index (Phi) is 6.52. The van der Waals surface area contributed by atoms with Gasteiger partial charge in [0.05, 0.1) is 0 Å². The predicted molar refractivity (Wildman–Crippen MR) is 133 cm³/mol. The summed E-state index contributed by atoms with van der Waals surface area (Å²) in [4.78, 5) is 12.7. The van der Waals surface area contributed by atoms with Gasteiger partial charge in [-0.05, 0) is 54.0 Å². The second-order valence-corrected chi connectivity index (χ2v) is 7.85. The van der Waals surface area contributed by atoms with Crippen molar-refractivity contribution in [3.63, 3.8) is 0 Å². The standard InChI is InChI=1S/C29H24N2O2/c1-20-15-16-22-10-4-6-12-25(22)26(20)19-33-28-14-8-5-11-23(28)17-24(18-30)29(32)31-27-13-7-3-9-21(27)2/h3-17H,19H2,1-2H3,(H,31,32)/b24-17+. The Morgan fingerprint density at radius 3 is 2.45 bits per heavy atom. The lowest BCUT2D eigenvalue weighted by Gasteiger charge is -2.14. The molecule has 0 fully saturated rings. The number of aryl methyl sites for hydroxylation is 2. The molecule has 0 unspecified atom stereocenters. The molecule has 0 saturated heterocycles. The van der Waals surface area contributed by atoms with Gasteiger partial charge in [-0.15, -0.1) is 0 Å². The lowest BCUT2D eigenvalue weighted by molar-refractivity contribution is -0.112. The van der Waals surface area contributed by atoms with Gasteiger partial charge in [0.1, 0.15) is 24.0 Å². The van der Waals surface area contributed by atoms with Crippen molar-refractivity contribution in [2.75, 3.05) is 5.32 Å². The minimum atomic E-state index is -0.452. The first-order chi connectivity index (χ1) is 16.1. The quantitative estimate of drug-likeness (QED) is 0.276. The highest BCUT2D eigenvalue weighted by molar-refractivity contribution is 6.10. The second kappa shape index (κ2) is 9.84. The molecule has 4 heteroatoms. The molecule has 0 aliphatic heterocycles. The number of carbonyl (C=O) groups excluding carboxylic acids is 1. The predicted octanol–water partition coefficient (Wildman–Crippen LogP) is 6.58. The third-order valence-corrected chi connectivity index (χ3v) is 5.62. The third kappa shape index (κ3) is 4.94. The van der Waals surface area contributed by atoms with Gasteiger partial charge < -0.3 is 10.1 Å². The Balaban J connectivity index is 1.59. The van der Waals surface area contributed by atoms with Crippen molar-refractivity contribution in [3.8, 4) is 11.8 Å². The maximum atomic E-state index is 12.7. The van der Waals surface area contributed by atoms with Gasteiger partial charge in [-0.2, -0.15) is 5.26 Å². The van der Waals surface area contributed by atoms with Crippen LogP contribution in [0.5, 0.6) is 5.75 Å². The molecule has 0 heterocycles. The number of nitrogens with zero attached hydrogens (tertiary/aromatic N) is 1. The van der Waals surface area contributed by atoms with Crippen LogP contribution in [0.1, 0.15) is 22.3 Å². The zero-order valence-electron chi connectivity index (χ0n) is 18.6. The fourth-order valence-corrected chi connectivity index (χ4v) is 3.72. The summed E-state index contributed by atoms with van der Waals surface area (Å²) >= 11 is 0. The largest absolute Gasteiger partial charge is 0.488 e. The van der Waals surface area contributed by atoms with Crippen molar-refractivity contribution in [1.82, 2.24) is 0 Å². The number of amides is 1. The van der Waals surface area contributed by atoms with Gasteiger partial charge in [-0.3, -0.25) is 4.79 Å². The molecule has 0 aliphatic rings. The summed E-state index contributed by atoms with van der Waals surface area (Å²) in [5.74, 6) is 0.160. The second-order valence-electron chi connectivity index (χ2n) is 7.85. The molecule has 162 valence electrons. The van der Waals surface area contributed by atoms with Crippen molar-refractivity contribution in [2.45, 2.75) is 20.5 Å². The van der Waals surface area contributed by atoms with Crippen LogP contribution in [0.3, 0.4) is 0 Å². The van der Waals surface area contributed by atoms with Crippen LogP contribution in [-0.2, 0) is 11.4 Å². The number of para-hydroxylation sites is 2. The molecule has 0 aliphatic carbocycles. The van der Waals surface area contributed by atoms with E-state index in [1.165, 1.54) is 0 Å². The van der Waals surface area contributed by atoms with E-state index in [0.717, 1.165) is 27.5 Å². The number of nitrogens with one attached hydrogen (secondary N) is 1. The lowest BCUT2D eigenvalue weighted by Crippen LogP contribution is -2.14. The molecule has 4 nitrogen and oxygen atoms in total. The van der Waals surface area contributed by atoms with Crippen LogP contribution in [-0.4, -0.2) is 5.91 Å². The summed E-state index contributed by atoms with van der Waals surface area (Å²) in [7, 11) is 0. The number of anilines is 1. The van der Waals surface area contributed by atoms with Crippen molar-refractivity contribution < 1.29 is 9.53 Å². The molecule has 0 bridgehead atoms. The van der Waals surface area contributed by atoms with Crippen LogP contribution >= 0.6 is 0 Å². The summed E-state index contributed by atoms with van der Waals surface area (Å²) in [5.41, 5.74) is 4.56. The van der Waals surface area contributed by atoms with E-state index in [-0.39, 0.29) is 5.57 Å². The highest BCUT2D eigenvalue weighted by Gasteiger charge is 2.13. The van der Waals surface area contributed by atoms with Gasteiger partial charge >= 0.3 is 0 Å². The van der Waals surface area contributed by atoms with Crippen molar-refractivity contribution >= 4 is 28.4 Å². The summed E-state index contributed by atoms with van der Waals surface area (Å²) in [5, 5.41) is 14.8. The number of rotatable bonds is 6. The van der Waals surface area contributed by atoms with Crippen LogP contribution in [0, 0.1) is 25.2 Å². The van der Waals surface area contributed by atoms with Gasteiger partial charge in [0.25, 0.3) is 5.91 Å². The third-order valence-electron chi connectivity index (χ3n) is 5.62. The van der Waals surface area contributed by atoms with E-state index in [9.17, 15) is 10.1 Å². The van der Waals surface area contributed by atoms with Gasteiger partial charge in [-0.25, -0.2) is 0 Å². The van der Waals surface area contributed by atoms with E-state index in [0.29, 0.717) is 23.6 Å². The number of nitriles is 1. The summed E-state index contributed by atoms with van der Waals surface area (Å²) in [6.07, 6.45) is 1.57. The van der Waals surface area contributed by atoms with Crippen molar-refractivity contribution in [2.24, 2.45) is 0 Å². The Morgan fingerprint density at radius 2 is 1.64 bits per heavy atom. The normalized spacial score (nSPS) is 11.1. The molecule has 0 saturated carbocycles. The number of hydrogen-bond donors (Lipinski definition) is 1. The van der Waals surface area contributed by atoms with E-state index in [4.69, 9.17) is 4.74 Å². The van der Waals surface area contributed by atoms with E-state index in [2.05, 4.69) is 36.5 Å². The van der Waals surface area contributed by atoms with Crippen molar-refractivity contribution in [3.05, 3.63) is 113 Å². The maximum Gasteiger partial charge on any atom is 0.266 e. The average Bonchev–Trinajstić information content (AvgIpc) is 2.84. The molecular formula is C29H24N2O2. The van der Waals surface area contributed by atoms with Gasteiger partial charge in [0, 0.05) is 16.8 Å². The molecule has 4 aromatic carbocycles. The summed E-state index contributed by atoms with van der Waals surface area (Å²) in [6, 6.07) is 29.3. The molecule has 1 N–H and O–H groups in total. The molecular weight excluding hydrogens is 408 g/mol. The first-order valence-corrected chi connectivity index (χ1v) is 10.7. The number of benzene rings is 4. The average molecular weight is 433 g/mol. The molecule has 0 aromatic heterocycles. The highest BCUT2D eigenvalue weighted by atomic mass is 16.5. The van der Waals surface area contributed by atoms with E-state index >= 15 is 0 Å². The van der Waals surface area contributed by atoms with Crippen molar-refractivity contribution in [1.29, 1.82) is 5.26 Å². The van der Waals surface area contributed by atoms with Gasteiger partial charge in [0.15, 0.2) is 0 Å². The first kappa shape index (κ1) is 21.9. The number of carbonyl (C=O) groups is 1. The first-order valence-electron chi connectivity index (χ1n) is 10.7. The van der Waals surface area contributed by atoms with Gasteiger partial charge in [-0.1, -0.05) is 72.8 Å². The van der Waals surface area contributed by atoms with Crippen LogP contribution in [0.2, 0.25) is 0 Å². The molecule has 0 atom stereocenters. The smallest absolute Gasteiger partial charge is 0.266 e. The topological polar surface area (TPSA) is 62.1 Å². The van der Waals surface area contributed by atoms with Crippen LogP contribution in [0.25, 0.3) is 16.8 Å². The van der Waals surface area contributed by atoms with Gasteiger partial charge in [0.2, 0.25) is 0 Å². The fraction of sp³-hybridized carbons (Fsp3) is 0.103. The van der Waals surface area contributed by atoms with Crippen LogP contribution in [0.15, 0.2) is 90.5 Å². The molecule has 1 amide bonds. The zero-order valence-corrected chi connectivity index (χ0v) is 18.6. The number of fused-ring (bicyclic) bond motifs is 1. The van der Waals surface area contributed by atoms with Crippen LogP contribution < -0.4 is 10.1 Å². The van der Waals surface area contributed by atoms with Crippen LogP contribution in [0.4, 0.5) is 5.69 Å². The molecule has 4 rings (SSSR count).